The van der Waals surface area contributed by atoms with E-state index >= 15 is 0 Å². The monoisotopic (exact) mass is 308 g/mol. The van der Waals surface area contributed by atoms with E-state index in [1.165, 1.54) is 6.07 Å². The summed E-state index contributed by atoms with van der Waals surface area (Å²) in [6.07, 6.45) is 1.93. The highest BCUT2D eigenvalue weighted by Crippen LogP contribution is 2.15. The number of halogens is 1. The van der Waals surface area contributed by atoms with Gasteiger partial charge in [0.15, 0.2) is 11.6 Å². The lowest BCUT2D eigenvalue weighted by atomic mass is 10.0. The zero-order chi connectivity index (χ0) is 15.9. The fourth-order valence-corrected chi connectivity index (χ4v) is 2.34. The first-order valence-electron chi connectivity index (χ1n) is 7.47. The van der Waals surface area contributed by atoms with Gasteiger partial charge in [0.1, 0.15) is 0 Å². The first-order valence-corrected chi connectivity index (χ1v) is 7.47. The number of benzene rings is 1. The molecule has 2 amide bonds. The van der Waals surface area contributed by atoms with Gasteiger partial charge in [0.2, 0.25) is 11.8 Å². The van der Waals surface area contributed by atoms with Gasteiger partial charge in [-0.3, -0.25) is 9.59 Å². The lowest BCUT2D eigenvalue weighted by molar-refractivity contribution is -0.133. The number of carbonyl (C=O) groups excluding carboxylic acids is 2. The number of piperidine rings is 1. The Kier molecular flexibility index (Phi) is 5.75. The summed E-state index contributed by atoms with van der Waals surface area (Å²) in [6.45, 7) is 0.945. The van der Waals surface area contributed by atoms with Crippen molar-refractivity contribution >= 4 is 11.8 Å². The summed E-state index contributed by atoms with van der Waals surface area (Å²) in [7, 11) is 1.76. The minimum Gasteiger partial charge on any atom is -0.491 e. The fraction of sp³-hybridized carbons (Fsp3) is 0.500. The molecule has 1 fully saturated rings. The number of rotatable bonds is 6. The Morgan fingerprint density at radius 1 is 1.45 bits per heavy atom. The van der Waals surface area contributed by atoms with Crippen molar-refractivity contribution in [1.29, 1.82) is 0 Å². The van der Waals surface area contributed by atoms with Crippen LogP contribution in [0.25, 0.3) is 0 Å². The molecule has 0 bridgehead atoms. The van der Waals surface area contributed by atoms with Crippen LogP contribution >= 0.6 is 0 Å². The van der Waals surface area contributed by atoms with Crippen molar-refractivity contribution in [2.45, 2.75) is 31.7 Å². The molecule has 0 aliphatic carbocycles. The van der Waals surface area contributed by atoms with Gasteiger partial charge in [-0.25, -0.2) is 4.39 Å². The van der Waals surface area contributed by atoms with Gasteiger partial charge in [-0.2, -0.15) is 0 Å². The molecule has 6 heteroatoms. The third kappa shape index (κ3) is 4.72. The quantitative estimate of drug-likeness (QED) is 0.814. The van der Waals surface area contributed by atoms with Crippen molar-refractivity contribution < 1.29 is 18.7 Å². The minimum atomic E-state index is -0.406. The van der Waals surface area contributed by atoms with Crippen molar-refractivity contribution in [1.82, 2.24) is 10.2 Å². The molecule has 0 spiro atoms. The third-order valence-corrected chi connectivity index (χ3v) is 3.67. The number of likely N-dealkylation sites (tertiary alicyclic amines) is 1. The van der Waals surface area contributed by atoms with E-state index in [2.05, 4.69) is 5.32 Å². The molecule has 5 nitrogen and oxygen atoms in total. The normalized spacial score (nSPS) is 18.2. The Bertz CT molecular complexity index is 536. The van der Waals surface area contributed by atoms with Gasteiger partial charge in [0.25, 0.3) is 0 Å². The molecule has 2 rings (SSSR count). The number of carbonyl (C=O) groups is 2. The van der Waals surface area contributed by atoms with E-state index in [0.29, 0.717) is 25.8 Å². The number of amides is 2. The maximum atomic E-state index is 13.3. The molecule has 1 saturated heterocycles. The Balaban J connectivity index is 1.64. The number of hydrogen-bond donors (Lipinski definition) is 1. The van der Waals surface area contributed by atoms with Crippen LogP contribution in [0.5, 0.6) is 5.75 Å². The standard InChI is InChI=1S/C16H21FN2O3/c1-19-9-8-12(11-16(19)21)18-15(20)7-4-10-22-14-6-3-2-5-13(14)17/h2-3,5-6,12H,4,7-11H2,1H3,(H,18,20)/t12-/m0/s1. The van der Waals surface area contributed by atoms with E-state index in [-0.39, 0.29) is 30.2 Å². The van der Waals surface area contributed by atoms with Crippen LogP contribution < -0.4 is 10.1 Å². The van der Waals surface area contributed by atoms with Crippen LogP contribution in [0.1, 0.15) is 25.7 Å². The first-order chi connectivity index (χ1) is 10.6. The van der Waals surface area contributed by atoms with E-state index in [9.17, 15) is 14.0 Å². The average Bonchev–Trinajstić information content (AvgIpc) is 2.49. The van der Waals surface area contributed by atoms with Crippen molar-refractivity contribution in [3.8, 4) is 5.75 Å². The lowest BCUT2D eigenvalue weighted by Gasteiger charge is -2.29. The van der Waals surface area contributed by atoms with Crippen LogP contribution in [0.3, 0.4) is 0 Å². The third-order valence-electron chi connectivity index (χ3n) is 3.67. The Hall–Kier alpha value is -2.11. The second kappa shape index (κ2) is 7.77. The van der Waals surface area contributed by atoms with Gasteiger partial charge in [0.05, 0.1) is 6.61 Å². The number of hydrogen-bond acceptors (Lipinski definition) is 3. The molecule has 1 N–H and O–H groups in total. The summed E-state index contributed by atoms with van der Waals surface area (Å²) in [5.41, 5.74) is 0. The van der Waals surface area contributed by atoms with Gasteiger partial charge in [-0.05, 0) is 25.0 Å². The summed E-state index contributed by atoms with van der Waals surface area (Å²) >= 11 is 0. The highest BCUT2D eigenvalue weighted by atomic mass is 19.1. The largest absolute Gasteiger partial charge is 0.491 e. The summed E-state index contributed by atoms with van der Waals surface area (Å²) in [6, 6.07) is 6.10. The maximum Gasteiger partial charge on any atom is 0.224 e. The predicted octanol–water partition coefficient (Wildman–Crippen LogP) is 1.72. The Morgan fingerprint density at radius 2 is 2.23 bits per heavy atom. The van der Waals surface area contributed by atoms with Crippen LogP contribution in [-0.4, -0.2) is 43.0 Å². The summed E-state index contributed by atoms with van der Waals surface area (Å²) < 4.78 is 18.6. The van der Waals surface area contributed by atoms with Crippen molar-refractivity contribution in [2.24, 2.45) is 0 Å². The molecular formula is C16H21FN2O3. The first kappa shape index (κ1) is 16.3. The minimum absolute atomic E-state index is 0.0550. The zero-order valence-electron chi connectivity index (χ0n) is 12.7. The summed E-state index contributed by atoms with van der Waals surface area (Å²) in [4.78, 5) is 25.0. The van der Waals surface area contributed by atoms with Crippen LogP contribution in [0.2, 0.25) is 0 Å². The number of nitrogens with one attached hydrogen (secondary N) is 1. The molecule has 120 valence electrons. The van der Waals surface area contributed by atoms with Crippen molar-refractivity contribution in [2.75, 3.05) is 20.2 Å². The molecule has 1 heterocycles. The van der Waals surface area contributed by atoms with Crippen molar-refractivity contribution in [3.05, 3.63) is 30.1 Å². The highest BCUT2D eigenvalue weighted by molar-refractivity contribution is 5.80. The highest BCUT2D eigenvalue weighted by Gasteiger charge is 2.24. The smallest absolute Gasteiger partial charge is 0.224 e. The second-order valence-electron chi connectivity index (χ2n) is 5.45. The number of nitrogens with zero attached hydrogens (tertiary/aromatic N) is 1. The Morgan fingerprint density at radius 3 is 2.95 bits per heavy atom. The van der Waals surface area contributed by atoms with E-state index in [1.807, 2.05) is 0 Å². The van der Waals surface area contributed by atoms with E-state index in [1.54, 1.807) is 30.1 Å². The summed E-state index contributed by atoms with van der Waals surface area (Å²) in [5.74, 6) is -0.250. The molecule has 0 saturated carbocycles. The molecular weight excluding hydrogens is 287 g/mol. The van der Waals surface area contributed by atoms with E-state index < -0.39 is 5.82 Å². The van der Waals surface area contributed by atoms with Gasteiger partial charge in [-0.15, -0.1) is 0 Å². The average molecular weight is 308 g/mol. The molecule has 1 aromatic carbocycles. The SMILES string of the molecule is CN1CC[C@H](NC(=O)CCCOc2ccccc2F)CC1=O. The van der Waals surface area contributed by atoms with E-state index in [0.717, 1.165) is 6.42 Å². The molecule has 0 unspecified atom stereocenters. The van der Waals surface area contributed by atoms with Crippen molar-refractivity contribution in [3.63, 3.8) is 0 Å². The topological polar surface area (TPSA) is 58.6 Å². The molecule has 1 aromatic rings. The molecule has 0 aromatic heterocycles. The Labute approximate surface area is 129 Å². The van der Waals surface area contributed by atoms with Gasteiger partial charge in [-0.1, -0.05) is 12.1 Å². The molecule has 22 heavy (non-hydrogen) atoms. The van der Waals surface area contributed by atoms with Crippen LogP contribution in [0.15, 0.2) is 24.3 Å². The van der Waals surface area contributed by atoms with Crippen LogP contribution in [0, 0.1) is 5.82 Å². The summed E-state index contributed by atoms with van der Waals surface area (Å²) in [5, 5.41) is 2.86. The molecule has 1 atom stereocenters. The number of ether oxygens (including phenoxy) is 1. The molecule has 0 radical (unpaired) electrons. The zero-order valence-corrected chi connectivity index (χ0v) is 12.7. The number of para-hydroxylation sites is 1. The maximum absolute atomic E-state index is 13.3. The van der Waals surface area contributed by atoms with Gasteiger partial charge >= 0.3 is 0 Å². The van der Waals surface area contributed by atoms with Gasteiger partial charge in [0, 0.05) is 32.5 Å². The predicted molar refractivity (Wildman–Crippen MR) is 79.9 cm³/mol. The van der Waals surface area contributed by atoms with Crippen LogP contribution in [0.4, 0.5) is 4.39 Å². The van der Waals surface area contributed by atoms with Gasteiger partial charge < -0.3 is 15.0 Å². The fourth-order valence-electron chi connectivity index (χ4n) is 2.34. The van der Waals surface area contributed by atoms with E-state index in [4.69, 9.17) is 4.74 Å². The molecule has 1 aliphatic heterocycles. The second-order valence-corrected chi connectivity index (χ2v) is 5.45. The van der Waals surface area contributed by atoms with Crippen LogP contribution in [-0.2, 0) is 9.59 Å². The lowest BCUT2D eigenvalue weighted by Crippen LogP contribution is -2.46. The molecule has 1 aliphatic rings.